The molecule has 1 heterocycles. The van der Waals surface area contributed by atoms with E-state index in [1.54, 1.807) is 14.2 Å². The van der Waals surface area contributed by atoms with Gasteiger partial charge in [0.25, 0.3) is 0 Å². The summed E-state index contributed by atoms with van der Waals surface area (Å²) in [7, 11) is 3.26. The van der Waals surface area contributed by atoms with Gasteiger partial charge in [-0.1, -0.05) is 0 Å². The summed E-state index contributed by atoms with van der Waals surface area (Å²) in [5, 5.41) is 3.18. The van der Waals surface area contributed by atoms with Gasteiger partial charge in [0.2, 0.25) is 0 Å². The highest BCUT2D eigenvalue weighted by Gasteiger charge is 2.08. The van der Waals surface area contributed by atoms with E-state index in [9.17, 15) is 0 Å². The zero-order chi connectivity index (χ0) is 8.81. The fourth-order valence-corrected chi connectivity index (χ4v) is 1.15. The maximum absolute atomic E-state index is 5.02. The lowest BCUT2D eigenvalue weighted by Crippen LogP contribution is -2.33. The molecule has 0 saturated carbocycles. The minimum absolute atomic E-state index is 0.173. The van der Waals surface area contributed by atoms with E-state index < -0.39 is 0 Å². The van der Waals surface area contributed by atoms with Crippen molar-refractivity contribution in [2.75, 3.05) is 27.3 Å². The average Bonchev–Trinajstić information content (AvgIpc) is 2.59. The predicted molar refractivity (Wildman–Crippen MR) is 47.3 cm³/mol. The first-order valence-corrected chi connectivity index (χ1v) is 4.19. The van der Waals surface area contributed by atoms with Crippen LogP contribution >= 0.6 is 0 Å². The Labute approximate surface area is 73.0 Å². The number of nitrogens with one attached hydrogen (secondary N) is 1. The molecule has 0 aliphatic carbocycles. The Morgan fingerprint density at radius 2 is 2.25 bits per heavy atom. The molecule has 0 fully saturated rings. The fraction of sp³-hybridized carbons (Fsp3) is 0.875. The molecule has 0 saturated heterocycles. The number of hydrogen-bond donors (Lipinski definition) is 1. The number of nitrogens with zero attached hydrogens (tertiary/aromatic N) is 1. The Kier molecular flexibility index (Phi) is 4.04. The third-order valence-corrected chi connectivity index (χ3v) is 1.87. The van der Waals surface area contributed by atoms with Crippen LogP contribution < -0.4 is 5.32 Å². The van der Waals surface area contributed by atoms with Gasteiger partial charge >= 0.3 is 0 Å². The highest BCUT2D eigenvalue weighted by molar-refractivity contribution is 5.83. The molecule has 1 aliphatic rings. The maximum Gasteiger partial charge on any atom is 0.173 e. The molecule has 12 heavy (non-hydrogen) atoms. The van der Waals surface area contributed by atoms with Crippen molar-refractivity contribution in [3.8, 4) is 0 Å². The van der Waals surface area contributed by atoms with E-state index in [-0.39, 0.29) is 6.29 Å². The standard InChI is InChI=1S/C8H16N2O2/c1-11-8(12-2)6-10-7-4-3-5-9-7/h8H,3-6H2,1-2H3,(H,9,10). The van der Waals surface area contributed by atoms with Crippen LogP contribution in [-0.4, -0.2) is 39.4 Å². The number of methoxy groups -OCH3 is 2. The van der Waals surface area contributed by atoms with Gasteiger partial charge in [-0.15, -0.1) is 0 Å². The van der Waals surface area contributed by atoms with Crippen LogP contribution in [0.15, 0.2) is 4.99 Å². The summed E-state index contributed by atoms with van der Waals surface area (Å²) < 4.78 is 10.0. The predicted octanol–water partition coefficient (Wildman–Crippen LogP) is 0.387. The smallest absolute Gasteiger partial charge is 0.173 e. The summed E-state index contributed by atoms with van der Waals surface area (Å²) in [5.74, 6) is 1.08. The second-order valence-electron chi connectivity index (χ2n) is 2.71. The van der Waals surface area contributed by atoms with Crippen LogP contribution in [0.25, 0.3) is 0 Å². The number of ether oxygens (including phenoxy) is 2. The molecule has 0 aromatic heterocycles. The largest absolute Gasteiger partial charge is 0.369 e. The molecule has 4 heteroatoms. The van der Waals surface area contributed by atoms with Crippen molar-refractivity contribution >= 4 is 5.84 Å². The molecule has 0 aromatic rings. The lowest BCUT2D eigenvalue weighted by atomic mass is 10.3. The molecule has 0 radical (unpaired) electrons. The van der Waals surface area contributed by atoms with Crippen molar-refractivity contribution in [3.05, 3.63) is 0 Å². The Hall–Kier alpha value is -0.610. The molecule has 0 bridgehead atoms. The Morgan fingerprint density at radius 3 is 2.75 bits per heavy atom. The van der Waals surface area contributed by atoms with E-state index in [1.165, 1.54) is 0 Å². The molecular formula is C8H16N2O2. The van der Waals surface area contributed by atoms with Gasteiger partial charge in [-0.05, 0) is 6.42 Å². The van der Waals surface area contributed by atoms with E-state index in [0.717, 1.165) is 25.2 Å². The van der Waals surface area contributed by atoms with Crippen LogP contribution in [0.2, 0.25) is 0 Å². The monoisotopic (exact) mass is 172 g/mol. The third kappa shape index (κ3) is 2.79. The lowest BCUT2D eigenvalue weighted by Gasteiger charge is -2.14. The third-order valence-electron chi connectivity index (χ3n) is 1.87. The van der Waals surface area contributed by atoms with Crippen molar-refractivity contribution in [1.82, 2.24) is 5.32 Å². The Balaban J connectivity index is 2.14. The van der Waals surface area contributed by atoms with Gasteiger partial charge in [0, 0.05) is 27.2 Å². The van der Waals surface area contributed by atoms with Gasteiger partial charge in [0.1, 0.15) is 0 Å². The number of amidine groups is 1. The van der Waals surface area contributed by atoms with Gasteiger partial charge in [-0.2, -0.15) is 0 Å². The molecule has 0 atom stereocenters. The van der Waals surface area contributed by atoms with Gasteiger partial charge < -0.3 is 14.8 Å². The molecule has 0 unspecified atom stereocenters. The van der Waals surface area contributed by atoms with Crippen LogP contribution in [0.5, 0.6) is 0 Å². The fourth-order valence-electron chi connectivity index (χ4n) is 1.15. The van der Waals surface area contributed by atoms with Gasteiger partial charge in [-0.25, -0.2) is 0 Å². The van der Waals surface area contributed by atoms with Crippen LogP contribution in [0, 0.1) is 0 Å². The minimum Gasteiger partial charge on any atom is -0.369 e. The molecule has 1 N–H and O–H groups in total. The van der Waals surface area contributed by atoms with Crippen LogP contribution in [-0.2, 0) is 9.47 Å². The second-order valence-corrected chi connectivity index (χ2v) is 2.71. The zero-order valence-electron chi connectivity index (χ0n) is 7.67. The Morgan fingerprint density at radius 1 is 1.50 bits per heavy atom. The molecular weight excluding hydrogens is 156 g/mol. The summed E-state index contributed by atoms with van der Waals surface area (Å²) in [5.41, 5.74) is 0. The average molecular weight is 172 g/mol. The zero-order valence-corrected chi connectivity index (χ0v) is 7.67. The van der Waals surface area contributed by atoms with Crippen molar-refractivity contribution in [3.63, 3.8) is 0 Å². The quantitative estimate of drug-likeness (QED) is 0.624. The molecule has 70 valence electrons. The highest BCUT2D eigenvalue weighted by atomic mass is 16.7. The maximum atomic E-state index is 5.02. The van der Waals surface area contributed by atoms with Gasteiger partial charge in [0.05, 0.1) is 12.4 Å². The summed E-state index contributed by atoms with van der Waals surface area (Å²) >= 11 is 0. The first-order chi connectivity index (χ1) is 5.86. The number of aliphatic imine (C=N–C) groups is 1. The van der Waals surface area contributed by atoms with Gasteiger partial charge in [-0.3, -0.25) is 4.99 Å². The van der Waals surface area contributed by atoms with Crippen LogP contribution in [0.1, 0.15) is 12.8 Å². The highest BCUT2D eigenvalue weighted by Crippen LogP contribution is 2.01. The molecule has 1 aliphatic heterocycles. The van der Waals surface area contributed by atoms with E-state index in [1.807, 2.05) is 0 Å². The normalized spacial score (nSPS) is 16.8. The first kappa shape index (κ1) is 9.48. The van der Waals surface area contributed by atoms with Crippen LogP contribution in [0.4, 0.5) is 0 Å². The summed E-state index contributed by atoms with van der Waals surface area (Å²) in [6, 6.07) is 0. The van der Waals surface area contributed by atoms with E-state index in [4.69, 9.17) is 9.47 Å². The Bertz CT molecular complexity index is 155. The summed E-state index contributed by atoms with van der Waals surface area (Å²) in [4.78, 5) is 4.27. The first-order valence-electron chi connectivity index (χ1n) is 4.19. The molecule has 0 amide bonds. The van der Waals surface area contributed by atoms with Crippen LogP contribution in [0.3, 0.4) is 0 Å². The minimum atomic E-state index is -0.173. The van der Waals surface area contributed by atoms with E-state index in [0.29, 0.717) is 6.54 Å². The molecule has 0 spiro atoms. The molecule has 4 nitrogen and oxygen atoms in total. The van der Waals surface area contributed by atoms with Crippen molar-refractivity contribution in [2.45, 2.75) is 19.1 Å². The topological polar surface area (TPSA) is 42.8 Å². The summed E-state index contributed by atoms with van der Waals surface area (Å²) in [6.07, 6.45) is 2.04. The molecule has 1 rings (SSSR count). The summed E-state index contributed by atoms with van der Waals surface area (Å²) in [6.45, 7) is 1.62. The van der Waals surface area contributed by atoms with E-state index >= 15 is 0 Å². The van der Waals surface area contributed by atoms with Crippen molar-refractivity contribution < 1.29 is 9.47 Å². The molecule has 0 aromatic carbocycles. The number of hydrogen-bond acceptors (Lipinski definition) is 4. The van der Waals surface area contributed by atoms with Crippen molar-refractivity contribution in [1.29, 1.82) is 0 Å². The van der Waals surface area contributed by atoms with Gasteiger partial charge in [0.15, 0.2) is 6.29 Å². The SMILES string of the molecule is COC(CNC1=NCCC1)OC. The van der Waals surface area contributed by atoms with E-state index in [2.05, 4.69) is 10.3 Å². The number of rotatable bonds is 4. The van der Waals surface area contributed by atoms with Crippen molar-refractivity contribution in [2.24, 2.45) is 4.99 Å². The second kappa shape index (κ2) is 5.11. The lowest BCUT2D eigenvalue weighted by molar-refractivity contribution is -0.0965.